The topological polar surface area (TPSA) is 111 Å². The van der Waals surface area contributed by atoms with Crippen molar-refractivity contribution >= 4 is 33.2 Å². The molecule has 1 N–H and O–H groups in total. The smallest absolute Gasteiger partial charge is 0.244 e. The number of carbonyl (C=O) groups excluding carboxylic acids is 2. The van der Waals surface area contributed by atoms with Crippen molar-refractivity contribution in [2.75, 3.05) is 29.9 Å². The zero-order chi connectivity index (χ0) is 21.3. The Hall–Kier alpha value is -3.22. The van der Waals surface area contributed by atoms with E-state index in [0.717, 1.165) is 0 Å². The van der Waals surface area contributed by atoms with Gasteiger partial charge in [-0.1, -0.05) is 24.3 Å². The van der Waals surface area contributed by atoms with E-state index in [0.29, 0.717) is 24.2 Å². The molecule has 0 aromatic heterocycles. The molecule has 2 heterocycles. The first-order valence-corrected chi connectivity index (χ1v) is 11.1. The average Bonchev–Trinajstić information content (AvgIpc) is 2.78. The summed E-state index contributed by atoms with van der Waals surface area (Å²) in [6.07, 6.45) is 0.708. The first kappa shape index (κ1) is 20.1. The number of hydrogen-bond donors (Lipinski definition) is 1. The van der Waals surface area contributed by atoms with Crippen molar-refractivity contribution < 1.29 is 18.0 Å². The van der Waals surface area contributed by atoms with Crippen LogP contribution >= 0.6 is 0 Å². The zero-order valence-electron chi connectivity index (χ0n) is 16.1. The number of nitrogens with one attached hydrogen (secondary N) is 1. The number of piperidine rings is 1. The third-order valence-corrected chi connectivity index (χ3v) is 7.42. The molecule has 154 valence electrons. The van der Waals surface area contributed by atoms with Gasteiger partial charge in [-0.15, -0.1) is 0 Å². The highest BCUT2D eigenvalue weighted by atomic mass is 32.2. The van der Waals surface area contributed by atoms with Gasteiger partial charge in [-0.3, -0.25) is 9.59 Å². The maximum atomic E-state index is 13.1. The van der Waals surface area contributed by atoms with Crippen LogP contribution in [0.25, 0.3) is 0 Å². The highest BCUT2D eigenvalue weighted by Crippen LogP contribution is 2.32. The molecule has 0 spiro atoms. The Labute approximate surface area is 174 Å². The molecule has 9 heteroatoms. The van der Waals surface area contributed by atoms with Crippen molar-refractivity contribution in [3.8, 4) is 6.07 Å². The van der Waals surface area contributed by atoms with Gasteiger partial charge in [-0.05, 0) is 37.1 Å². The van der Waals surface area contributed by atoms with Gasteiger partial charge in [0.2, 0.25) is 21.8 Å². The Morgan fingerprint density at radius 2 is 1.73 bits per heavy atom. The van der Waals surface area contributed by atoms with Crippen molar-refractivity contribution in [3.63, 3.8) is 0 Å². The molecule has 2 aromatic rings. The Balaban J connectivity index is 1.50. The van der Waals surface area contributed by atoms with Gasteiger partial charge in [0.1, 0.15) is 12.6 Å². The van der Waals surface area contributed by atoms with Crippen molar-refractivity contribution in [2.45, 2.75) is 17.7 Å². The number of rotatable bonds is 3. The van der Waals surface area contributed by atoms with Gasteiger partial charge >= 0.3 is 0 Å². The lowest BCUT2D eigenvalue weighted by atomic mass is 9.95. The number of sulfonamides is 1. The third-order valence-electron chi connectivity index (χ3n) is 5.47. The van der Waals surface area contributed by atoms with Crippen molar-refractivity contribution in [3.05, 3.63) is 54.1 Å². The van der Waals surface area contributed by atoms with E-state index in [1.807, 2.05) is 6.07 Å². The van der Waals surface area contributed by atoms with E-state index in [4.69, 9.17) is 0 Å². The van der Waals surface area contributed by atoms with Gasteiger partial charge in [0, 0.05) is 19.0 Å². The Bertz CT molecular complexity index is 1150. The molecule has 30 heavy (non-hydrogen) atoms. The van der Waals surface area contributed by atoms with Crippen molar-refractivity contribution in [2.24, 2.45) is 5.92 Å². The monoisotopic (exact) mass is 424 g/mol. The average molecular weight is 424 g/mol. The van der Waals surface area contributed by atoms with Crippen molar-refractivity contribution in [1.82, 2.24) is 4.31 Å². The van der Waals surface area contributed by atoms with E-state index in [-0.39, 0.29) is 47.8 Å². The third kappa shape index (κ3) is 3.56. The molecule has 2 amide bonds. The minimum atomic E-state index is -3.81. The van der Waals surface area contributed by atoms with Gasteiger partial charge in [0.25, 0.3) is 0 Å². The molecule has 0 radical (unpaired) electrons. The van der Waals surface area contributed by atoms with Crippen LogP contribution in [-0.4, -0.2) is 44.2 Å². The zero-order valence-corrected chi connectivity index (χ0v) is 16.9. The van der Waals surface area contributed by atoms with Crippen LogP contribution in [0.3, 0.4) is 0 Å². The van der Waals surface area contributed by atoms with Crippen molar-refractivity contribution in [1.29, 1.82) is 5.26 Å². The van der Waals surface area contributed by atoms with Gasteiger partial charge in [0.05, 0.1) is 21.8 Å². The predicted molar refractivity (Wildman–Crippen MR) is 110 cm³/mol. The summed E-state index contributed by atoms with van der Waals surface area (Å²) in [6, 6.07) is 15.1. The number of fused-ring (bicyclic) bond motifs is 1. The molecule has 4 rings (SSSR count). The van der Waals surface area contributed by atoms with E-state index in [1.54, 1.807) is 36.4 Å². The second-order valence-electron chi connectivity index (χ2n) is 7.28. The standard InChI is InChI=1S/C21H20N4O4S/c22-13-16-5-1-4-8-19(16)30(28,29)24-11-9-15(10-12-24)21(27)25-14-20(26)23-17-6-2-3-7-18(17)25/h1-8,15H,9-12,14H2,(H,23,26). The summed E-state index contributed by atoms with van der Waals surface area (Å²) >= 11 is 0. The minimum Gasteiger partial charge on any atom is -0.323 e. The highest BCUT2D eigenvalue weighted by Gasteiger charge is 2.36. The fourth-order valence-electron chi connectivity index (χ4n) is 3.92. The van der Waals surface area contributed by atoms with E-state index in [1.165, 1.54) is 21.3 Å². The second-order valence-corrected chi connectivity index (χ2v) is 9.18. The van der Waals surface area contributed by atoms with Crippen LogP contribution in [0, 0.1) is 17.2 Å². The number of amides is 2. The van der Waals surface area contributed by atoms with Gasteiger partial charge in [-0.25, -0.2) is 8.42 Å². The Morgan fingerprint density at radius 3 is 2.47 bits per heavy atom. The lowest BCUT2D eigenvalue weighted by Gasteiger charge is -2.35. The number of carbonyl (C=O) groups is 2. The summed E-state index contributed by atoms with van der Waals surface area (Å²) in [5.74, 6) is -0.802. The van der Waals surface area contributed by atoms with Crippen LogP contribution in [0.2, 0.25) is 0 Å². The summed E-state index contributed by atoms with van der Waals surface area (Å²) < 4.78 is 27.3. The lowest BCUT2D eigenvalue weighted by Crippen LogP contribution is -2.48. The van der Waals surface area contributed by atoms with Crippen LogP contribution in [0.5, 0.6) is 0 Å². The summed E-state index contributed by atoms with van der Waals surface area (Å²) in [5, 5.41) is 12.0. The van der Waals surface area contributed by atoms with E-state index >= 15 is 0 Å². The molecule has 1 saturated heterocycles. The molecule has 0 atom stereocenters. The van der Waals surface area contributed by atoms with Gasteiger partial charge < -0.3 is 10.2 Å². The Kier molecular flexibility index (Phi) is 5.28. The number of nitrogens with zero attached hydrogens (tertiary/aromatic N) is 3. The molecular weight excluding hydrogens is 404 g/mol. The molecule has 2 aromatic carbocycles. The number of anilines is 2. The summed E-state index contributed by atoms with van der Waals surface area (Å²) in [6.45, 7) is 0.310. The fraction of sp³-hybridized carbons (Fsp3) is 0.286. The van der Waals surface area contributed by atoms with E-state index in [2.05, 4.69) is 5.32 Å². The largest absolute Gasteiger partial charge is 0.323 e. The van der Waals surface area contributed by atoms with Crippen LogP contribution in [-0.2, 0) is 19.6 Å². The summed E-state index contributed by atoms with van der Waals surface area (Å²) in [4.78, 5) is 26.6. The molecule has 0 unspecified atom stereocenters. The van der Waals surface area contributed by atoms with Crippen LogP contribution in [0.15, 0.2) is 53.4 Å². The first-order valence-electron chi connectivity index (χ1n) is 9.61. The van der Waals surface area contributed by atoms with Crippen LogP contribution < -0.4 is 10.2 Å². The normalized spacial score (nSPS) is 17.7. The summed E-state index contributed by atoms with van der Waals surface area (Å²) in [5.41, 5.74) is 1.35. The van der Waals surface area contributed by atoms with E-state index in [9.17, 15) is 23.3 Å². The molecule has 0 saturated carbocycles. The molecule has 2 aliphatic heterocycles. The maximum absolute atomic E-state index is 13.1. The number of para-hydroxylation sites is 2. The van der Waals surface area contributed by atoms with Crippen LogP contribution in [0.1, 0.15) is 18.4 Å². The molecule has 8 nitrogen and oxygen atoms in total. The molecule has 2 aliphatic rings. The maximum Gasteiger partial charge on any atom is 0.244 e. The summed E-state index contributed by atoms with van der Waals surface area (Å²) in [7, 11) is -3.81. The second kappa shape index (κ2) is 7.89. The quantitative estimate of drug-likeness (QED) is 0.810. The molecule has 0 aliphatic carbocycles. The number of hydrogen-bond acceptors (Lipinski definition) is 5. The lowest BCUT2D eigenvalue weighted by molar-refractivity contribution is -0.125. The molecular formula is C21H20N4O4S. The number of nitriles is 1. The number of benzene rings is 2. The fourth-order valence-corrected chi connectivity index (χ4v) is 5.53. The van der Waals surface area contributed by atoms with Gasteiger partial charge in [-0.2, -0.15) is 9.57 Å². The molecule has 0 bridgehead atoms. The van der Waals surface area contributed by atoms with E-state index < -0.39 is 10.0 Å². The highest BCUT2D eigenvalue weighted by molar-refractivity contribution is 7.89. The SMILES string of the molecule is N#Cc1ccccc1S(=O)(=O)N1CCC(C(=O)N2CC(=O)Nc3ccccc32)CC1. The molecule has 1 fully saturated rings. The predicted octanol–water partition coefficient (Wildman–Crippen LogP) is 1.94. The Morgan fingerprint density at radius 1 is 1.07 bits per heavy atom. The first-order chi connectivity index (χ1) is 14.4. The minimum absolute atomic E-state index is 0.0149. The van der Waals surface area contributed by atoms with Gasteiger partial charge in [0.15, 0.2) is 0 Å². The van der Waals surface area contributed by atoms with Crippen LogP contribution in [0.4, 0.5) is 11.4 Å².